The summed E-state index contributed by atoms with van der Waals surface area (Å²) in [4.78, 5) is 15.7. The summed E-state index contributed by atoms with van der Waals surface area (Å²) in [5, 5.41) is 3.75. The largest absolute Gasteiger partial charge is 0.397 e. The van der Waals surface area contributed by atoms with E-state index in [-0.39, 0.29) is 5.91 Å². The molecule has 4 nitrogen and oxygen atoms in total. The van der Waals surface area contributed by atoms with E-state index < -0.39 is 0 Å². The Morgan fingerprint density at radius 3 is 3.06 bits per heavy atom. The number of carbonyl (C=O) groups is 1. The fourth-order valence-corrected chi connectivity index (χ4v) is 2.73. The Morgan fingerprint density at radius 2 is 2.41 bits per heavy atom. The minimum absolute atomic E-state index is 0.0701. The molecule has 0 bridgehead atoms. The number of nitrogens with zero attached hydrogens (tertiary/aromatic N) is 1. The van der Waals surface area contributed by atoms with Crippen LogP contribution in [0.15, 0.2) is 15.7 Å². The number of hydrogen-bond donors (Lipinski definition) is 2. The van der Waals surface area contributed by atoms with E-state index in [2.05, 4.69) is 26.2 Å². The van der Waals surface area contributed by atoms with Crippen molar-refractivity contribution in [3.63, 3.8) is 0 Å². The summed E-state index contributed by atoms with van der Waals surface area (Å²) in [5.74, 6) is 0.464. The first-order chi connectivity index (χ1) is 8.08. The first-order valence-corrected chi connectivity index (χ1v) is 7.18. The fourth-order valence-electron chi connectivity index (χ4n) is 1.30. The van der Waals surface area contributed by atoms with Crippen LogP contribution < -0.4 is 11.1 Å². The minimum Gasteiger partial charge on any atom is -0.397 e. The Kier molecular flexibility index (Phi) is 3.93. The monoisotopic (exact) mass is 315 g/mol. The zero-order chi connectivity index (χ0) is 12.4. The van der Waals surface area contributed by atoms with Gasteiger partial charge < -0.3 is 11.1 Å². The van der Waals surface area contributed by atoms with Gasteiger partial charge in [-0.15, -0.1) is 0 Å². The zero-order valence-electron chi connectivity index (χ0n) is 9.50. The summed E-state index contributed by atoms with van der Waals surface area (Å²) in [7, 11) is 0. The van der Waals surface area contributed by atoms with Gasteiger partial charge in [0, 0.05) is 6.04 Å². The van der Waals surface area contributed by atoms with Crippen molar-refractivity contribution in [3.05, 3.63) is 16.2 Å². The van der Waals surface area contributed by atoms with Gasteiger partial charge in [-0.3, -0.25) is 4.79 Å². The average Bonchev–Trinajstić information content (AvgIpc) is 3.09. The maximum atomic E-state index is 11.5. The number of halogens is 1. The second kappa shape index (κ2) is 5.27. The lowest BCUT2D eigenvalue weighted by molar-refractivity contribution is -0.118. The van der Waals surface area contributed by atoms with Crippen LogP contribution in [-0.4, -0.2) is 22.7 Å². The van der Waals surface area contributed by atoms with Gasteiger partial charge in [0.05, 0.1) is 22.1 Å². The highest BCUT2D eigenvalue weighted by Gasteiger charge is 2.23. The first kappa shape index (κ1) is 12.7. The number of hydrogen-bond acceptors (Lipinski definition) is 4. The number of anilines is 1. The van der Waals surface area contributed by atoms with Crippen molar-refractivity contribution in [2.24, 2.45) is 0 Å². The predicted octanol–water partition coefficient (Wildman–Crippen LogP) is 2.11. The van der Waals surface area contributed by atoms with Crippen molar-refractivity contribution in [2.45, 2.75) is 30.8 Å². The van der Waals surface area contributed by atoms with Crippen molar-refractivity contribution in [1.29, 1.82) is 0 Å². The van der Waals surface area contributed by atoms with E-state index in [4.69, 9.17) is 5.73 Å². The van der Waals surface area contributed by atoms with E-state index >= 15 is 0 Å². The molecule has 1 saturated carbocycles. The van der Waals surface area contributed by atoms with Gasteiger partial charge in [-0.25, -0.2) is 4.98 Å². The van der Waals surface area contributed by atoms with Crippen LogP contribution in [-0.2, 0) is 4.79 Å². The number of nitrogens with two attached hydrogens (primary N) is 1. The number of nitrogen functional groups attached to an aromatic ring is 1. The lowest BCUT2D eigenvalue weighted by atomic mass is 10.3. The summed E-state index contributed by atoms with van der Waals surface area (Å²) >= 11 is 4.87. The number of nitrogens with one attached hydrogen (secondary N) is 1. The Morgan fingerprint density at radius 1 is 1.71 bits per heavy atom. The molecule has 2 rings (SSSR count). The third kappa shape index (κ3) is 3.35. The molecule has 92 valence electrons. The molecule has 1 amide bonds. The summed E-state index contributed by atoms with van der Waals surface area (Å²) < 4.78 is 0.877. The Bertz CT molecular complexity index is 449. The van der Waals surface area contributed by atoms with Crippen LogP contribution in [0.25, 0.3) is 0 Å². The van der Waals surface area contributed by atoms with Crippen molar-refractivity contribution >= 4 is 39.3 Å². The molecule has 1 heterocycles. The zero-order valence-corrected chi connectivity index (χ0v) is 11.9. The van der Waals surface area contributed by atoms with Gasteiger partial charge in [-0.1, -0.05) is 11.8 Å². The Balaban J connectivity index is 1.94. The van der Waals surface area contributed by atoms with Crippen molar-refractivity contribution < 1.29 is 4.79 Å². The number of thioether (sulfide) groups is 1. The maximum absolute atomic E-state index is 11.5. The fraction of sp³-hybridized carbons (Fsp3) is 0.455. The molecule has 6 heteroatoms. The maximum Gasteiger partial charge on any atom is 0.230 e. The molecule has 0 radical (unpaired) electrons. The average molecular weight is 316 g/mol. The molecule has 0 aromatic carbocycles. The van der Waals surface area contributed by atoms with Crippen LogP contribution in [0.3, 0.4) is 0 Å². The normalized spacial score (nSPS) is 14.7. The molecule has 1 fully saturated rings. The molecule has 1 aliphatic carbocycles. The van der Waals surface area contributed by atoms with Crippen molar-refractivity contribution in [1.82, 2.24) is 10.3 Å². The van der Waals surface area contributed by atoms with Gasteiger partial charge in [0.25, 0.3) is 0 Å². The van der Waals surface area contributed by atoms with Gasteiger partial charge >= 0.3 is 0 Å². The Hall–Kier alpha value is -0.750. The van der Waals surface area contributed by atoms with Gasteiger partial charge in [-0.05, 0) is 41.3 Å². The molecule has 1 aromatic heterocycles. The van der Waals surface area contributed by atoms with E-state index in [1.807, 2.05) is 6.92 Å². The number of amides is 1. The molecule has 3 N–H and O–H groups in total. The lowest BCUT2D eigenvalue weighted by Gasteiger charge is -2.08. The number of aromatic nitrogens is 1. The van der Waals surface area contributed by atoms with Crippen LogP contribution in [0.4, 0.5) is 5.69 Å². The van der Waals surface area contributed by atoms with E-state index in [0.29, 0.717) is 17.5 Å². The minimum atomic E-state index is 0.0701. The van der Waals surface area contributed by atoms with E-state index in [0.717, 1.165) is 27.9 Å². The molecule has 1 aliphatic rings. The van der Waals surface area contributed by atoms with Gasteiger partial charge in [0.1, 0.15) is 5.03 Å². The lowest BCUT2D eigenvalue weighted by Crippen LogP contribution is -2.27. The molecule has 0 spiro atoms. The summed E-state index contributed by atoms with van der Waals surface area (Å²) in [6, 6.07) is 0.410. The van der Waals surface area contributed by atoms with Gasteiger partial charge in [0.15, 0.2) is 0 Å². The van der Waals surface area contributed by atoms with E-state index in [9.17, 15) is 4.79 Å². The molecule has 0 atom stereocenters. The standard InChI is InChI=1S/C11H14BrN3OS/c1-6-8(13)4-14-11(10(6)12)17-5-9(16)15-7-2-3-7/h4,7H,2-3,5,13H2,1H3,(H,15,16). The molecule has 17 heavy (non-hydrogen) atoms. The van der Waals surface area contributed by atoms with Crippen LogP contribution in [0.2, 0.25) is 0 Å². The predicted molar refractivity (Wildman–Crippen MR) is 73.0 cm³/mol. The SMILES string of the molecule is Cc1c(N)cnc(SCC(=O)NC2CC2)c1Br. The Labute approximate surface area is 113 Å². The third-order valence-corrected chi connectivity index (χ3v) is 4.78. The van der Waals surface area contributed by atoms with Crippen molar-refractivity contribution in [3.8, 4) is 0 Å². The smallest absolute Gasteiger partial charge is 0.230 e. The highest BCUT2D eigenvalue weighted by molar-refractivity contribution is 9.10. The number of carbonyl (C=O) groups excluding carboxylic acids is 1. The van der Waals surface area contributed by atoms with Crippen LogP contribution in [0, 0.1) is 6.92 Å². The number of pyridine rings is 1. The number of rotatable bonds is 4. The molecular weight excluding hydrogens is 302 g/mol. The molecule has 0 aliphatic heterocycles. The van der Waals surface area contributed by atoms with Gasteiger partial charge in [0.2, 0.25) is 5.91 Å². The van der Waals surface area contributed by atoms with E-state index in [1.165, 1.54) is 11.8 Å². The molecular formula is C11H14BrN3OS. The highest BCUT2D eigenvalue weighted by atomic mass is 79.9. The summed E-state index contributed by atoms with van der Waals surface area (Å²) in [5.41, 5.74) is 7.36. The topological polar surface area (TPSA) is 68.0 Å². The quantitative estimate of drug-likeness (QED) is 0.835. The van der Waals surface area contributed by atoms with Crippen LogP contribution in [0.5, 0.6) is 0 Å². The van der Waals surface area contributed by atoms with Gasteiger partial charge in [-0.2, -0.15) is 0 Å². The molecule has 0 unspecified atom stereocenters. The molecule has 0 saturated heterocycles. The van der Waals surface area contributed by atoms with Crippen LogP contribution in [0.1, 0.15) is 18.4 Å². The van der Waals surface area contributed by atoms with Crippen molar-refractivity contribution in [2.75, 3.05) is 11.5 Å². The first-order valence-electron chi connectivity index (χ1n) is 5.40. The second-order valence-corrected chi connectivity index (χ2v) is 5.85. The highest BCUT2D eigenvalue weighted by Crippen LogP contribution is 2.30. The summed E-state index contributed by atoms with van der Waals surface area (Å²) in [6.07, 6.45) is 3.85. The second-order valence-electron chi connectivity index (χ2n) is 4.09. The van der Waals surface area contributed by atoms with Crippen LogP contribution >= 0.6 is 27.7 Å². The van der Waals surface area contributed by atoms with E-state index in [1.54, 1.807) is 6.20 Å². The summed E-state index contributed by atoms with van der Waals surface area (Å²) in [6.45, 7) is 1.93. The third-order valence-electron chi connectivity index (χ3n) is 2.55. The molecule has 1 aromatic rings.